The van der Waals surface area contributed by atoms with E-state index in [0.717, 1.165) is 17.9 Å². The number of fused-ring (bicyclic) bond motifs is 1. The molecule has 3 rings (SSSR count). The van der Waals surface area contributed by atoms with Crippen molar-refractivity contribution in [2.24, 2.45) is 5.73 Å². The number of aliphatic hydroxyl groups is 1. The molecular weight excluding hydrogens is 308 g/mol. The van der Waals surface area contributed by atoms with Gasteiger partial charge in [0, 0.05) is 0 Å². The Morgan fingerprint density at radius 1 is 1.25 bits per heavy atom. The lowest BCUT2D eigenvalue weighted by atomic mass is 10.1. The Hall–Kier alpha value is -1.79. The molecule has 2 heterocycles. The minimum absolute atomic E-state index is 0.668. The van der Waals surface area contributed by atoms with E-state index in [1.807, 2.05) is 6.07 Å². The largest absolute Gasteiger partial charge is 0.486 e. The second kappa shape index (κ2) is 9.49. The maximum atomic E-state index is 9.67. The molecular formula is C18H28N2O4. The molecule has 6 heteroatoms. The Morgan fingerprint density at radius 2 is 1.88 bits per heavy atom. The first-order valence-electron chi connectivity index (χ1n) is 8.64. The van der Waals surface area contributed by atoms with E-state index in [2.05, 4.69) is 22.8 Å². The number of hydrogen-bond donors (Lipinski definition) is 2. The smallest absolute Gasteiger partial charge is 0.245 e. The zero-order chi connectivity index (χ0) is 17.4. The van der Waals surface area contributed by atoms with Crippen molar-refractivity contribution in [1.29, 1.82) is 0 Å². The van der Waals surface area contributed by atoms with Crippen LogP contribution in [0.5, 0.6) is 11.5 Å². The van der Waals surface area contributed by atoms with Crippen LogP contribution >= 0.6 is 0 Å². The lowest BCUT2D eigenvalue weighted by molar-refractivity contribution is -0.125. The predicted octanol–water partition coefficient (Wildman–Crippen LogP) is 1.34. The summed E-state index contributed by atoms with van der Waals surface area (Å²) in [5, 5.41) is 8.16. The molecule has 134 valence electrons. The molecule has 0 aliphatic carbocycles. The van der Waals surface area contributed by atoms with Gasteiger partial charge in [0.05, 0.1) is 0 Å². The molecule has 0 bridgehead atoms. The van der Waals surface area contributed by atoms with Gasteiger partial charge in [-0.1, -0.05) is 6.07 Å². The van der Waals surface area contributed by atoms with Crippen LogP contribution in [-0.2, 0) is 11.2 Å². The fourth-order valence-corrected chi connectivity index (χ4v) is 2.76. The average molecular weight is 336 g/mol. The van der Waals surface area contributed by atoms with E-state index in [1.54, 1.807) is 0 Å². The highest BCUT2D eigenvalue weighted by Gasteiger charge is 2.13. The van der Waals surface area contributed by atoms with Crippen LogP contribution in [0.4, 0.5) is 0 Å². The third-order valence-electron chi connectivity index (χ3n) is 4.16. The number of nitrogens with two attached hydrogens (primary N) is 1. The average Bonchev–Trinajstić information content (AvgIpc) is 3.08. The SMILES string of the molecule is CC(O)C(N)=O.c1cc2c(cc1CCCN1CCCC1)OCCO2. The van der Waals surface area contributed by atoms with E-state index < -0.39 is 12.0 Å². The van der Waals surface area contributed by atoms with Crippen molar-refractivity contribution in [3.8, 4) is 11.5 Å². The highest BCUT2D eigenvalue weighted by Crippen LogP contribution is 2.31. The summed E-state index contributed by atoms with van der Waals surface area (Å²) in [5.74, 6) is 1.12. The summed E-state index contributed by atoms with van der Waals surface area (Å²) in [6.45, 7) is 6.48. The third-order valence-corrected chi connectivity index (χ3v) is 4.16. The van der Waals surface area contributed by atoms with Crippen molar-refractivity contribution < 1.29 is 19.4 Å². The number of likely N-dealkylation sites (tertiary alicyclic amines) is 1. The number of benzene rings is 1. The quantitative estimate of drug-likeness (QED) is 0.847. The zero-order valence-corrected chi connectivity index (χ0v) is 14.4. The first-order valence-corrected chi connectivity index (χ1v) is 8.64. The number of ether oxygens (including phenoxy) is 2. The van der Waals surface area contributed by atoms with Gasteiger partial charge in [-0.25, -0.2) is 0 Å². The van der Waals surface area contributed by atoms with Gasteiger partial charge in [0.1, 0.15) is 19.3 Å². The molecule has 0 saturated carbocycles. The number of primary amides is 1. The summed E-state index contributed by atoms with van der Waals surface area (Å²) in [4.78, 5) is 12.2. The number of hydrogen-bond acceptors (Lipinski definition) is 5. The molecule has 1 unspecified atom stereocenters. The Bertz CT molecular complexity index is 528. The number of amides is 1. The van der Waals surface area contributed by atoms with Gasteiger partial charge in [-0.2, -0.15) is 0 Å². The lowest BCUT2D eigenvalue weighted by Crippen LogP contribution is -2.24. The predicted molar refractivity (Wildman–Crippen MR) is 92.3 cm³/mol. The van der Waals surface area contributed by atoms with Crippen LogP contribution in [0.1, 0.15) is 31.7 Å². The minimum Gasteiger partial charge on any atom is -0.486 e. The highest BCUT2D eigenvalue weighted by atomic mass is 16.6. The van der Waals surface area contributed by atoms with E-state index in [4.69, 9.17) is 14.6 Å². The maximum absolute atomic E-state index is 9.67. The number of nitrogens with zero attached hydrogens (tertiary/aromatic N) is 1. The van der Waals surface area contributed by atoms with Crippen molar-refractivity contribution >= 4 is 5.91 Å². The van der Waals surface area contributed by atoms with Crippen molar-refractivity contribution in [2.45, 2.75) is 38.7 Å². The molecule has 1 aromatic rings. The molecule has 2 aliphatic rings. The van der Waals surface area contributed by atoms with Gasteiger partial charge in [-0.3, -0.25) is 4.79 Å². The van der Waals surface area contributed by atoms with E-state index in [1.165, 1.54) is 51.4 Å². The Balaban J connectivity index is 0.000000301. The van der Waals surface area contributed by atoms with Gasteiger partial charge in [-0.15, -0.1) is 0 Å². The molecule has 0 spiro atoms. The van der Waals surface area contributed by atoms with Crippen LogP contribution in [0.3, 0.4) is 0 Å². The second-order valence-corrected chi connectivity index (χ2v) is 6.21. The molecule has 1 atom stereocenters. The van der Waals surface area contributed by atoms with Crippen molar-refractivity contribution in [3.05, 3.63) is 23.8 Å². The van der Waals surface area contributed by atoms with Crippen molar-refractivity contribution in [2.75, 3.05) is 32.8 Å². The topological polar surface area (TPSA) is 85.0 Å². The van der Waals surface area contributed by atoms with Gasteiger partial charge in [-0.05, 0) is 69.9 Å². The number of carbonyl (C=O) groups is 1. The Morgan fingerprint density at radius 3 is 2.50 bits per heavy atom. The van der Waals surface area contributed by atoms with Crippen LogP contribution in [0.15, 0.2) is 18.2 Å². The van der Waals surface area contributed by atoms with E-state index in [-0.39, 0.29) is 0 Å². The Labute approximate surface area is 143 Å². The van der Waals surface area contributed by atoms with Gasteiger partial charge in [0.2, 0.25) is 5.91 Å². The fraction of sp³-hybridized carbons (Fsp3) is 0.611. The normalized spacial score (nSPS) is 17.8. The van der Waals surface area contributed by atoms with Gasteiger partial charge in [0.15, 0.2) is 11.5 Å². The summed E-state index contributed by atoms with van der Waals surface area (Å²) in [6, 6.07) is 6.34. The van der Waals surface area contributed by atoms with Crippen LogP contribution in [0.2, 0.25) is 0 Å². The van der Waals surface area contributed by atoms with Crippen LogP contribution in [0, 0.1) is 0 Å². The molecule has 3 N–H and O–H groups in total. The van der Waals surface area contributed by atoms with Gasteiger partial charge >= 0.3 is 0 Å². The summed E-state index contributed by atoms with van der Waals surface area (Å²) >= 11 is 0. The monoisotopic (exact) mass is 336 g/mol. The summed E-state index contributed by atoms with van der Waals surface area (Å²) in [7, 11) is 0. The second-order valence-electron chi connectivity index (χ2n) is 6.21. The summed E-state index contributed by atoms with van der Waals surface area (Å²) in [6.07, 6.45) is 4.12. The number of rotatable bonds is 5. The molecule has 6 nitrogen and oxygen atoms in total. The van der Waals surface area contributed by atoms with Crippen LogP contribution in [0.25, 0.3) is 0 Å². The van der Waals surface area contributed by atoms with E-state index in [0.29, 0.717) is 13.2 Å². The zero-order valence-electron chi connectivity index (χ0n) is 14.4. The molecule has 24 heavy (non-hydrogen) atoms. The minimum atomic E-state index is -1.01. The molecule has 2 aliphatic heterocycles. The molecule has 1 aromatic carbocycles. The summed E-state index contributed by atoms with van der Waals surface area (Å²) in [5.41, 5.74) is 5.91. The third kappa shape index (κ3) is 6.02. The molecule has 1 amide bonds. The number of carbonyl (C=O) groups excluding carboxylic acids is 1. The van der Waals surface area contributed by atoms with Crippen LogP contribution in [-0.4, -0.2) is 54.9 Å². The number of aliphatic hydroxyl groups excluding tert-OH is 1. The molecule has 1 saturated heterocycles. The molecule has 0 radical (unpaired) electrons. The van der Waals surface area contributed by atoms with E-state index >= 15 is 0 Å². The fourth-order valence-electron chi connectivity index (χ4n) is 2.76. The number of aryl methyl sites for hydroxylation is 1. The molecule has 1 fully saturated rings. The van der Waals surface area contributed by atoms with Gasteiger partial charge in [0.25, 0.3) is 0 Å². The maximum Gasteiger partial charge on any atom is 0.245 e. The first kappa shape index (κ1) is 18.5. The van der Waals surface area contributed by atoms with Crippen molar-refractivity contribution in [1.82, 2.24) is 4.90 Å². The highest BCUT2D eigenvalue weighted by molar-refractivity contribution is 5.77. The van der Waals surface area contributed by atoms with E-state index in [9.17, 15) is 4.79 Å². The first-order chi connectivity index (χ1) is 11.6. The molecule has 0 aromatic heterocycles. The Kier molecular flexibility index (Phi) is 7.34. The standard InChI is InChI=1S/C15H21NO2.C3H7NO2/c1-2-8-16(7-1)9-3-4-13-5-6-14-15(12-13)18-11-10-17-14;1-2(5)3(4)6/h5-6,12H,1-4,7-11H2;2,5H,1H3,(H2,4,6). The van der Waals surface area contributed by atoms with Crippen molar-refractivity contribution in [3.63, 3.8) is 0 Å². The van der Waals surface area contributed by atoms with Crippen LogP contribution < -0.4 is 15.2 Å². The lowest BCUT2D eigenvalue weighted by Gasteiger charge is -2.19. The van der Waals surface area contributed by atoms with Gasteiger partial charge < -0.3 is 25.2 Å². The summed E-state index contributed by atoms with van der Waals surface area (Å²) < 4.78 is 11.1.